The summed E-state index contributed by atoms with van der Waals surface area (Å²) in [5.74, 6) is 0.912. The summed E-state index contributed by atoms with van der Waals surface area (Å²) in [6.07, 6.45) is 0. The average molecular weight is 210 g/mol. The van der Waals surface area contributed by atoms with Gasteiger partial charge in [-0.05, 0) is 45.4 Å². The van der Waals surface area contributed by atoms with Gasteiger partial charge in [-0.2, -0.15) is 12.6 Å². The van der Waals surface area contributed by atoms with E-state index in [0.717, 1.165) is 5.75 Å². The Morgan fingerprint density at radius 2 is 1.64 bits per heavy atom. The predicted octanol–water partition coefficient (Wildman–Crippen LogP) is 3.85. The third kappa shape index (κ3) is 3.62. The van der Waals surface area contributed by atoms with Gasteiger partial charge in [-0.1, -0.05) is 12.1 Å². The molecule has 1 rings (SSSR count). The normalized spacial score (nSPS) is 13.8. The van der Waals surface area contributed by atoms with Crippen LogP contribution in [0.3, 0.4) is 0 Å². The van der Waals surface area contributed by atoms with Crippen molar-refractivity contribution in [3.8, 4) is 5.75 Å². The van der Waals surface area contributed by atoms with E-state index in [1.807, 2.05) is 32.9 Å². The molecule has 0 radical (unpaired) electrons. The van der Waals surface area contributed by atoms with Crippen molar-refractivity contribution < 1.29 is 4.74 Å². The molecule has 1 nitrogen and oxygen atoms in total. The molecule has 78 valence electrons. The molecule has 0 aromatic heterocycles. The molecule has 0 heterocycles. The Balaban J connectivity index is 2.74. The maximum atomic E-state index is 5.71. The van der Waals surface area contributed by atoms with Crippen molar-refractivity contribution >= 4 is 12.6 Å². The quantitative estimate of drug-likeness (QED) is 0.729. The smallest absolute Gasteiger partial charge is 0.120 e. The summed E-state index contributed by atoms with van der Waals surface area (Å²) in [5, 5.41) is 0.277. The Morgan fingerprint density at radius 3 is 2.00 bits per heavy atom. The second-order valence-electron chi connectivity index (χ2n) is 4.46. The highest BCUT2D eigenvalue weighted by Gasteiger charge is 2.11. The third-order valence-electron chi connectivity index (χ3n) is 1.79. The SMILES string of the molecule is C[C@H](S)c1ccc(OC(C)(C)C)cc1. The fourth-order valence-electron chi connectivity index (χ4n) is 1.17. The molecule has 0 bridgehead atoms. The van der Waals surface area contributed by atoms with E-state index < -0.39 is 0 Å². The van der Waals surface area contributed by atoms with E-state index in [4.69, 9.17) is 4.74 Å². The predicted molar refractivity (Wildman–Crippen MR) is 64.2 cm³/mol. The van der Waals surface area contributed by atoms with Crippen molar-refractivity contribution in [2.45, 2.75) is 38.5 Å². The molecule has 0 N–H and O–H groups in total. The van der Waals surface area contributed by atoms with Crippen LogP contribution >= 0.6 is 12.6 Å². The minimum Gasteiger partial charge on any atom is -0.488 e. The first-order chi connectivity index (χ1) is 6.38. The van der Waals surface area contributed by atoms with Crippen LogP contribution in [-0.2, 0) is 0 Å². The van der Waals surface area contributed by atoms with Crippen molar-refractivity contribution in [1.82, 2.24) is 0 Å². The summed E-state index contributed by atoms with van der Waals surface area (Å²) in [7, 11) is 0. The minimum absolute atomic E-state index is 0.131. The van der Waals surface area contributed by atoms with Gasteiger partial charge in [-0.15, -0.1) is 0 Å². The number of ether oxygens (including phenoxy) is 1. The molecular formula is C12H18OS. The Hall–Kier alpha value is -0.630. The Kier molecular flexibility index (Phi) is 3.48. The molecule has 0 aliphatic heterocycles. The number of rotatable bonds is 2. The van der Waals surface area contributed by atoms with E-state index in [-0.39, 0.29) is 10.9 Å². The molecule has 0 spiro atoms. The lowest BCUT2D eigenvalue weighted by atomic mass is 10.1. The highest BCUT2D eigenvalue weighted by Crippen LogP contribution is 2.23. The average Bonchev–Trinajstić information content (AvgIpc) is 2.02. The molecule has 1 aromatic rings. The summed E-state index contributed by atoms with van der Waals surface area (Å²) in [6, 6.07) is 8.10. The number of thiol groups is 1. The molecule has 0 aliphatic carbocycles. The maximum Gasteiger partial charge on any atom is 0.120 e. The van der Waals surface area contributed by atoms with Gasteiger partial charge in [0, 0.05) is 5.25 Å². The molecular weight excluding hydrogens is 192 g/mol. The van der Waals surface area contributed by atoms with E-state index in [0.29, 0.717) is 0 Å². The topological polar surface area (TPSA) is 9.23 Å². The summed E-state index contributed by atoms with van der Waals surface area (Å²) in [5.41, 5.74) is 1.09. The van der Waals surface area contributed by atoms with E-state index >= 15 is 0 Å². The molecule has 1 atom stereocenters. The summed E-state index contributed by atoms with van der Waals surface area (Å²) in [4.78, 5) is 0. The van der Waals surface area contributed by atoms with E-state index in [9.17, 15) is 0 Å². The lowest BCUT2D eigenvalue weighted by Gasteiger charge is -2.21. The second kappa shape index (κ2) is 4.26. The lowest BCUT2D eigenvalue weighted by Crippen LogP contribution is -2.22. The minimum atomic E-state index is -0.131. The van der Waals surface area contributed by atoms with Gasteiger partial charge in [0.2, 0.25) is 0 Å². The van der Waals surface area contributed by atoms with Crippen molar-refractivity contribution in [2.75, 3.05) is 0 Å². The molecule has 0 amide bonds. The molecule has 14 heavy (non-hydrogen) atoms. The first-order valence-corrected chi connectivity index (χ1v) is 5.37. The molecule has 1 aromatic carbocycles. The lowest BCUT2D eigenvalue weighted by molar-refractivity contribution is 0.131. The first kappa shape index (κ1) is 11.4. The zero-order chi connectivity index (χ0) is 10.8. The van der Waals surface area contributed by atoms with Crippen molar-refractivity contribution in [2.24, 2.45) is 0 Å². The Morgan fingerprint density at radius 1 is 1.14 bits per heavy atom. The van der Waals surface area contributed by atoms with Gasteiger partial charge in [0.1, 0.15) is 11.4 Å². The van der Waals surface area contributed by atoms with Crippen LogP contribution in [0.1, 0.15) is 38.5 Å². The summed E-state index contributed by atoms with van der Waals surface area (Å²) < 4.78 is 5.71. The molecule has 0 fully saturated rings. The van der Waals surface area contributed by atoms with E-state index in [1.165, 1.54) is 5.56 Å². The van der Waals surface area contributed by atoms with Crippen LogP contribution in [0.25, 0.3) is 0 Å². The Labute approximate surface area is 91.9 Å². The largest absolute Gasteiger partial charge is 0.488 e. The van der Waals surface area contributed by atoms with Crippen LogP contribution in [0.5, 0.6) is 5.75 Å². The van der Waals surface area contributed by atoms with Gasteiger partial charge in [-0.25, -0.2) is 0 Å². The van der Waals surface area contributed by atoms with Crippen LogP contribution in [0.4, 0.5) is 0 Å². The molecule has 2 heteroatoms. The van der Waals surface area contributed by atoms with Gasteiger partial charge in [-0.3, -0.25) is 0 Å². The molecule has 0 saturated carbocycles. The van der Waals surface area contributed by atoms with Crippen molar-refractivity contribution in [3.63, 3.8) is 0 Å². The highest BCUT2D eigenvalue weighted by atomic mass is 32.1. The zero-order valence-electron chi connectivity index (χ0n) is 9.24. The fraction of sp³-hybridized carbons (Fsp3) is 0.500. The van der Waals surface area contributed by atoms with E-state index in [2.05, 4.69) is 31.7 Å². The molecule has 0 unspecified atom stereocenters. The Bertz CT molecular complexity index is 282. The fourth-order valence-corrected chi connectivity index (χ4v) is 1.34. The first-order valence-electron chi connectivity index (χ1n) is 4.85. The van der Waals surface area contributed by atoms with Crippen molar-refractivity contribution in [3.05, 3.63) is 29.8 Å². The van der Waals surface area contributed by atoms with Gasteiger partial charge < -0.3 is 4.74 Å². The number of benzene rings is 1. The van der Waals surface area contributed by atoms with E-state index in [1.54, 1.807) is 0 Å². The molecule has 0 saturated heterocycles. The van der Waals surface area contributed by atoms with Crippen LogP contribution in [0.15, 0.2) is 24.3 Å². The van der Waals surface area contributed by atoms with Crippen LogP contribution in [-0.4, -0.2) is 5.60 Å². The van der Waals surface area contributed by atoms with Gasteiger partial charge in [0.05, 0.1) is 0 Å². The van der Waals surface area contributed by atoms with Gasteiger partial charge in [0.25, 0.3) is 0 Å². The highest BCUT2D eigenvalue weighted by molar-refractivity contribution is 7.80. The van der Waals surface area contributed by atoms with Crippen LogP contribution in [0, 0.1) is 0 Å². The third-order valence-corrected chi connectivity index (χ3v) is 2.08. The number of hydrogen-bond donors (Lipinski definition) is 1. The van der Waals surface area contributed by atoms with Gasteiger partial charge in [0.15, 0.2) is 0 Å². The van der Waals surface area contributed by atoms with Gasteiger partial charge >= 0.3 is 0 Å². The standard InChI is InChI=1S/C12H18OS/c1-9(14)10-5-7-11(8-6-10)13-12(2,3)4/h5-9,14H,1-4H3/t9-/m0/s1. The van der Waals surface area contributed by atoms with Crippen molar-refractivity contribution in [1.29, 1.82) is 0 Å². The number of hydrogen-bond acceptors (Lipinski definition) is 2. The van der Waals surface area contributed by atoms with Crippen LogP contribution < -0.4 is 4.74 Å². The maximum absolute atomic E-state index is 5.71. The summed E-state index contributed by atoms with van der Waals surface area (Å²) >= 11 is 4.37. The molecule has 0 aliphatic rings. The zero-order valence-corrected chi connectivity index (χ0v) is 10.1. The monoisotopic (exact) mass is 210 g/mol. The summed E-state index contributed by atoms with van der Waals surface area (Å²) in [6.45, 7) is 8.19. The second-order valence-corrected chi connectivity index (χ2v) is 5.23. The van der Waals surface area contributed by atoms with Crippen LogP contribution in [0.2, 0.25) is 0 Å².